The summed E-state index contributed by atoms with van der Waals surface area (Å²) in [7, 11) is 0. The van der Waals surface area contributed by atoms with Crippen LogP contribution in [0.2, 0.25) is 0 Å². The van der Waals surface area contributed by atoms with E-state index < -0.39 is 24.0 Å². The van der Waals surface area contributed by atoms with Gasteiger partial charge in [0.2, 0.25) is 0 Å². The second-order valence-corrected chi connectivity index (χ2v) is 8.06. The van der Waals surface area contributed by atoms with Crippen molar-refractivity contribution in [1.29, 1.82) is 0 Å². The number of carbonyl (C=O) groups is 2. The maximum absolute atomic E-state index is 11.6. The number of hydrogen-bond donors (Lipinski definition) is 3. The summed E-state index contributed by atoms with van der Waals surface area (Å²) in [5, 5.41) is 21.5. The summed E-state index contributed by atoms with van der Waals surface area (Å²) in [4.78, 5) is 27.4. The minimum Gasteiger partial charge on any atom is -0.480 e. The first-order valence-corrected chi connectivity index (χ1v) is 10.00. The van der Waals surface area contributed by atoms with Gasteiger partial charge < -0.3 is 14.6 Å². The summed E-state index contributed by atoms with van der Waals surface area (Å²) in [5.74, 6) is -0.613. The van der Waals surface area contributed by atoms with Crippen LogP contribution in [-0.2, 0) is 22.4 Å². The number of aromatic nitrogens is 1. The van der Waals surface area contributed by atoms with Gasteiger partial charge in [0.15, 0.2) is 5.89 Å². The lowest BCUT2D eigenvalue weighted by Crippen LogP contribution is -2.48. The Balaban J connectivity index is 1.90. The normalized spacial score (nSPS) is 17.7. The van der Waals surface area contributed by atoms with E-state index in [1.807, 2.05) is 13.8 Å². The van der Waals surface area contributed by atoms with Gasteiger partial charge >= 0.3 is 11.9 Å². The predicted octanol–water partition coefficient (Wildman–Crippen LogP) is 3.27. The SMILES string of the molecule is CC(C)C[C@H](N[C@@H](Cc1coc(CCC2CCCCC2)n1)C(=O)O)C(=O)O. The summed E-state index contributed by atoms with van der Waals surface area (Å²) < 4.78 is 5.51. The Morgan fingerprint density at radius 2 is 1.85 bits per heavy atom. The van der Waals surface area contributed by atoms with Gasteiger partial charge in [0.1, 0.15) is 18.3 Å². The smallest absolute Gasteiger partial charge is 0.321 e. The molecule has 1 aliphatic carbocycles. The van der Waals surface area contributed by atoms with Crippen LogP contribution in [0.15, 0.2) is 10.7 Å². The number of carboxylic acids is 2. The zero-order valence-corrected chi connectivity index (χ0v) is 16.3. The molecule has 1 heterocycles. The molecule has 1 aliphatic rings. The fourth-order valence-electron chi connectivity index (χ4n) is 3.74. The summed E-state index contributed by atoms with van der Waals surface area (Å²) >= 11 is 0. The Morgan fingerprint density at radius 1 is 1.19 bits per heavy atom. The number of aliphatic carboxylic acids is 2. The molecule has 1 aromatic heterocycles. The third-order valence-corrected chi connectivity index (χ3v) is 5.21. The standard InChI is InChI=1S/C20H32N2O5/c1-13(2)10-16(19(23)24)22-17(20(25)26)11-15-12-27-18(21-15)9-8-14-6-4-3-5-7-14/h12-14,16-17,22H,3-11H2,1-2H3,(H,23,24)(H,25,26)/t16-,17-/m0/s1. The highest BCUT2D eigenvalue weighted by Gasteiger charge is 2.27. The van der Waals surface area contributed by atoms with E-state index in [0.717, 1.165) is 18.8 Å². The van der Waals surface area contributed by atoms with Crippen LogP contribution in [0.3, 0.4) is 0 Å². The number of rotatable bonds is 11. The quantitative estimate of drug-likeness (QED) is 0.540. The number of aryl methyl sites for hydroxylation is 1. The molecule has 7 heteroatoms. The van der Waals surface area contributed by atoms with Gasteiger partial charge in [0, 0.05) is 12.8 Å². The molecule has 152 valence electrons. The second kappa shape index (κ2) is 10.4. The van der Waals surface area contributed by atoms with Crippen molar-refractivity contribution in [3.63, 3.8) is 0 Å². The molecule has 2 atom stereocenters. The van der Waals surface area contributed by atoms with Crippen molar-refractivity contribution in [2.24, 2.45) is 11.8 Å². The van der Waals surface area contributed by atoms with Crippen LogP contribution in [0.1, 0.15) is 70.4 Å². The van der Waals surface area contributed by atoms with Gasteiger partial charge in [-0.15, -0.1) is 0 Å². The molecule has 0 aromatic carbocycles. The minimum atomic E-state index is -1.09. The van der Waals surface area contributed by atoms with E-state index in [4.69, 9.17) is 4.42 Å². The number of carboxylic acid groups (broad SMARTS) is 2. The van der Waals surface area contributed by atoms with Crippen molar-refractivity contribution in [3.8, 4) is 0 Å². The van der Waals surface area contributed by atoms with Crippen molar-refractivity contribution in [3.05, 3.63) is 17.8 Å². The zero-order chi connectivity index (χ0) is 19.8. The maximum Gasteiger partial charge on any atom is 0.321 e. The van der Waals surface area contributed by atoms with Crippen molar-refractivity contribution in [1.82, 2.24) is 10.3 Å². The van der Waals surface area contributed by atoms with Gasteiger partial charge in [-0.3, -0.25) is 14.9 Å². The monoisotopic (exact) mass is 380 g/mol. The number of oxazole rings is 1. The Labute approximate surface area is 160 Å². The molecule has 27 heavy (non-hydrogen) atoms. The number of nitrogens with zero attached hydrogens (tertiary/aromatic N) is 1. The van der Waals surface area contributed by atoms with Crippen LogP contribution in [0.25, 0.3) is 0 Å². The molecule has 0 unspecified atom stereocenters. The highest BCUT2D eigenvalue weighted by molar-refractivity contribution is 5.77. The number of hydrogen-bond acceptors (Lipinski definition) is 5. The molecule has 1 saturated carbocycles. The first kappa shape index (κ1) is 21.4. The van der Waals surface area contributed by atoms with Gasteiger partial charge in [0.25, 0.3) is 0 Å². The van der Waals surface area contributed by atoms with Crippen LogP contribution in [0.5, 0.6) is 0 Å². The van der Waals surface area contributed by atoms with Crippen LogP contribution in [-0.4, -0.2) is 39.2 Å². The van der Waals surface area contributed by atoms with E-state index in [1.165, 1.54) is 38.4 Å². The van der Waals surface area contributed by atoms with Crippen molar-refractivity contribution < 1.29 is 24.2 Å². The first-order chi connectivity index (χ1) is 12.8. The summed E-state index contributed by atoms with van der Waals surface area (Å²) in [6.45, 7) is 3.81. The van der Waals surface area contributed by atoms with Gasteiger partial charge in [0.05, 0.1) is 5.69 Å². The molecule has 0 saturated heterocycles. The van der Waals surface area contributed by atoms with Gasteiger partial charge in [-0.2, -0.15) is 0 Å². The molecule has 2 rings (SSSR count). The molecule has 0 amide bonds. The highest BCUT2D eigenvalue weighted by Crippen LogP contribution is 2.27. The van der Waals surface area contributed by atoms with E-state index in [0.29, 0.717) is 18.0 Å². The highest BCUT2D eigenvalue weighted by atomic mass is 16.4. The van der Waals surface area contributed by atoms with E-state index in [2.05, 4.69) is 10.3 Å². The van der Waals surface area contributed by atoms with Crippen LogP contribution in [0, 0.1) is 11.8 Å². The van der Waals surface area contributed by atoms with E-state index >= 15 is 0 Å². The molecule has 0 bridgehead atoms. The average molecular weight is 380 g/mol. The van der Waals surface area contributed by atoms with Gasteiger partial charge in [-0.05, 0) is 24.7 Å². The molecular formula is C20H32N2O5. The molecule has 0 radical (unpaired) electrons. The van der Waals surface area contributed by atoms with Crippen molar-refractivity contribution >= 4 is 11.9 Å². The minimum absolute atomic E-state index is 0.101. The molecule has 3 N–H and O–H groups in total. The Hall–Kier alpha value is -1.89. The summed E-state index contributed by atoms with van der Waals surface area (Å²) in [5.41, 5.74) is 0.544. The lowest BCUT2D eigenvalue weighted by atomic mass is 9.86. The largest absolute Gasteiger partial charge is 0.480 e. The molecule has 1 aromatic rings. The van der Waals surface area contributed by atoms with E-state index in [9.17, 15) is 19.8 Å². The Morgan fingerprint density at radius 3 is 2.44 bits per heavy atom. The van der Waals surface area contributed by atoms with Gasteiger partial charge in [-0.1, -0.05) is 46.0 Å². The number of nitrogens with one attached hydrogen (secondary N) is 1. The van der Waals surface area contributed by atoms with Gasteiger partial charge in [-0.25, -0.2) is 4.98 Å². The summed E-state index contributed by atoms with van der Waals surface area (Å²) in [6.07, 6.45) is 10.2. The fourth-order valence-corrected chi connectivity index (χ4v) is 3.74. The first-order valence-electron chi connectivity index (χ1n) is 10.00. The fraction of sp³-hybridized carbons (Fsp3) is 0.750. The topological polar surface area (TPSA) is 113 Å². The Kier molecular flexibility index (Phi) is 8.28. The second-order valence-electron chi connectivity index (χ2n) is 8.06. The zero-order valence-electron chi connectivity index (χ0n) is 16.3. The van der Waals surface area contributed by atoms with E-state index in [-0.39, 0.29) is 12.3 Å². The van der Waals surface area contributed by atoms with Crippen molar-refractivity contribution in [2.45, 2.75) is 83.7 Å². The molecular weight excluding hydrogens is 348 g/mol. The summed E-state index contributed by atoms with van der Waals surface area (Å²) in [6, 6.07) is -1.91. The molecule has 0 spiro atoms. The maximum atomic E-state index is 11.6. The molecule has 1 fully saturated rings. The third-order valence-electron chi connectivity index (χ3n) is 5.21. The third kappa shape index (κ3) is 7.33. The van der Waals surface area contributed by atoms with Crippen LogP contribution >= 0.6 is 0 Å². The van der Waals surface area contributed by atoms with E-state index in [1.54, 1.807) is 0 Å². The average Bonchev–Trinajstić information content (AvgIpc) is 3.06. The van der Waals surface area contributed by atoms with Crippen LogP contribution in [0.4, 0.5) is 0 Å². The van der Waals surface area contributed by atoms with Crippen molar-refractivity contribution in [2.75, 3.05) is 0 Å². The Bertz CT molecular complexity index is 607. The molecule has 0 aliphatic heterocycles. The molecule has 7 nitrogen and oxygen atoms in total. The predicted molar refractivity (Wildman–Crippen MR) is 101 cm³/mol. The lowest BCUT2D eigenvalue weighted by molar-refractivity contribution is -0.142. The van der Waals surface area contributed by atoms with Crippen LogP contribution < -0.4 is 5.32 Å². The lowest BCUT2D eigenvalue weighted by Gasteiger charge is -2.21.